The lowest BCUT2D eigenvalue weighted by Crippen LogP contribution is -2.47. The molecule has 0 aliphatic heterocycles. The van der Waals surface area contributed by atoms with Crippen LogP contribution in [-0.2, 0) is 4.79 Å². The molecule has 2 atom stereocenters. The van der Waals surface area contributed by atoms with Crippen LogP contribution in [-0.4, -0.2) is 37.5 Å². The lowest BCUT2D eigenvalue weighted by Gasteiger charge is -2.25. The normalized spacial score (nSPS) is 14.2. The van der Waals surface area contributed by atoms with Crippen LogP contribution in [0.15, 0.2) is 0 Å². The molecule has 0 aliphatic rings. The fourth-order valence-electron chi connectivity index (χ4n) is 1.31. The standard InChI is InChI=1S/C10H19N3O/c1-5-8(2)9(12-3)10(14)13(4)7-6-11/h8-9,12H,5,7H2,1-4H3. The number of rotatable bonds is 5. The molecule has 0 aliphatic carbocycles. The first kappa shape index (κ1) is 12.9. The molecule has 0 heterocycles. The lowest BCUT2D eigenvalue weighted by molar-refractivity contribution is -0.132. The van der Waals surface area contributed by atoms with Crippen molar-refractivity contribution in [3.8, 4) is 6.07 Å². The second-order valence-electron chi connectivity index (χ2n) is 3.50. The predicted molar refractivity (Wildman–Crippen MR) is 55.6 cm³/mol. The Bertz CT molecular complexity index is 222. The van der Waals surface area contributed by atoms with E-state index in [4.69, 9.17) is 5.26 Å². The van der Waals surface area contributed by atoms with Crippen LogP contribution in [0.1, 0.15) is 20.3 Å². The van der Waals surface area contributed by atoms with Crippen molar-refractivity contribution in [1.29, 1.82) is 5.26 Å². The van der Waals surface area contributed by atoms with E-state index in [2.05, 4.69) is 5.32 Å². The summed E-state index contributed by atoms with van der Waals surface area (Å²) >= 11 is 0. The van der Waals surface area contributed by atoms with Gasteiger partial charge in [0.15, 0.2) is 0 Å². The van der Waals surface area contributed by atoms with Crippen molar-refractivity contribution in [3.63, 3.8) is 0 Å². The average Bonchev–Trinajstić information content (AvgIpc) is 2.18. The first-order valence-electron chi connectivity index (χ1n) is 4.87. The van der Waals surface area contributed by atoms with E-state index in [1.54, 1.807) is 14.1 Å². The number of hydrogen-bond donors (Lipinski definition) is 1. The van der Waals surface area contributed by atoms with E-state index >= 15 is 0 Å². The van der Waals surface area contributed by atoms with E-state index < -0.39 is 0 Å². The molecule has 0 fully saturated rings. The van der Waals surface area contributed by atoms with Crippen molar-refractivity contribution >= 4 is 5.91 Å². The van der Waals surface area contributed by atoms with E-state index in [0.717, 1.165) is 6.42 Å². The number of carbonyl (C=O) groups is 1. The zero-order valence-corrected chi connectivity index (χ0v) is 9.37. The molecule has 0 bridgehead atoms. The summed E-state index contributed by atoms with van der Waals surface area (Å²) in [6.45, 7) is 4.22. The molecule has 0 aromatic carbocycles. The van der Waals surface area contributed by atoms with Crippen LogP contribution in [0.25, 0.3) is 0 Å². The fraction of sp³-hybridized carbons (Fsp3) is 0.800. The van der Waals surface area contributed by atoms with Gasteiger partial charge in [0.2, 0.25) is 5.91 Å². The number of amides is 1. The Hall–Kier alpha value is -1.08. The molecule has 14 heavy (non-hydrogen) atoms. The Morgan fingerprint density at radius 1 is 1.64 bits per heavy atom. The van der Waals surface area contributed by atoms with Gasteiger partial charge in [0.05, 0.1) is 12.1 Å². The van der Waals surface area contributed by atoms with Gasteiger partial charge in [0, 0.05) is 7.05 Å². The van der Waals surface area contributed by atoms with Crippen LogP contribution in [0.3, 0.4) is 0 Å². The highest BCUT2D eigenvalue weighted by molar-refractivity contribution is 5.82. The number of likely N-dealkylation sites (N-methyl/N-ethyl adjacent to an activating group) is 2. The van der Waals surface area contributed by atoms with Gasteiger partial charge < -0.3 is 10.2 Å². The summed E-state index contributed by atoms with van der Waals surface area (Å²) in [5, 5.41) is 11.5. The van der Waals surface area contributed by atoms with Gasteiger partial charge in [-0.25, -0.2) is 0 Å². The fourth-order valence-corrected chi connectivity index (χ4v) is 1.31. The summed E-state index contributed by atoms with van der Waals surface area (Å²) in [5.41, 5.74) is 0. The molecular weight excluding hydrogens is 178 g/mol. The molecule has 0 spiro atoms. The van der Waals surface area contributed by atoms with Crippen molar-refractivity contribution < 1.29 is 4.79 Å². The Morgan fingerprint density at radius 2 is 2.21 bits per heavy atom. The maximum atomic E-state index is 11.8. The van der Waals surface area contributed by atoms with E-state index in [9.17, 15) is 4.79 Å². The highest BCUT2D eigenvalue weighted by Crippen LogP contribution is 2.09. The molecule has 4 nitrogen and oxygen atoms in total. The summed E-state index contributed by atoms with van der Waals surface area (Å²) in [6, 6.07) is 1.78. The minimum atomic E-state index is -0.182. The van der Waals surface area contributed by atoms with Crippen molar-refractivity contribution in [3.05, 3.63) is 0 Å². The summed E-state index contributed by atoms with van der Waals surface area (Å²) < 4.78 is 0. The molecule has 0 aromatic rings. The Balaban J connectivity index is 4.39. The third-order valence-electron chi connectivity index (χ3n) is 2.47. The highest BCUT2D eigenvalue weighted by Gasteiger charge is 2.24. The Labute approximate surface area is 85.9 Å². The zero-order chi connectivity index (χ0) is 11.1. The molecule has 4 heteroatoms. The molecule has 1 amide bonds. The monoisotopic (exact) mass is 197 g/mol. The van der Waals surface area contributed by atoms with Crippen LogP contribution < -0.4 is 5.32 Å². The molecule has 0 rings (SSSR count). The van der Waals surface area contributed by atoms with Crippen LogP contribution in [0.5, 0.6) is 0 Å². The quantitative estimate of drug-likeness (QED) is 0.657. The molecule has 0 saturated heterocycles. The van der Waals surface area contributed by atoms with Crippen LogP contribution in [0.4, 0.5) is 0 Å². The SMILES string of the molecule is CCC(C)C(NC)C(=O)N(C)CC#N. The summed E-state index contributed by atoms with van der Waals surface area (Å²) in [6.07, 6.45) is 0.942. The minimum Gasteiger partial charge on any atom is -0.331 e. The molecule has 2 unspecified atom stereocenters. The zero-order valence-electron chi connectivity index (χ0n) is 9.37. The molecular formula is C10H19N3O. The molecule has 1 N–H and O–H groups in total. The van der Waals surface area contributed by atoms with Gasteiger partial charge in [0.1, 0.15) is 6.54 Å². The van der Waals surface area contributed by atoms with Gasteiger partial charge in [-0.3, -0.25) is 4.79 Å². The van der Waals surface area contributed by atoms with Gasteiger partial charge >= 0.3 is 0 Å². The van der Waals surface area contributed by atoms with Crippen LogP contribution >= 0.6 is 0 Å². The van der Waals surface area contributed by atoms with E-state index in [0.29, 0.717) is 0 Å². The number of carbonyl (C=O) groups excluding carboxylic acids is 1. The summed E-state index contributed by atoms with van der Waals surface area (Å²) in [4.78, 5) is 13.2. The van der Waals surface area contributed by atoms with Crippen molar-refractivity contribution in [2.24, 2.45) is 5.92 Å². The number of nitrogens with one attached hydrogen (secondary N) is 1. The average molecular weight is 197 g/mol. The molecule has 0 aromatic heterocycles. The predicted octanol–water partition coefficient (Wildman–Crippen LogP) is 0.602. The lowest BCUT2D eigenvalue weighted by atomic mass is 9.98. The first-order valence-corrected chi connectivity index (χ1v) is 4.87. The van der Waals surface area contributed by atoms with Gasteiger partial charge in [0.25, 0.3) is 0 Å². The van der Waals surface area contributed by atoms with Crippen molar-refractivity contribution in [2.45, 2.75) is 26.3 Å². The van der Waals surface area contributed by atoms with Gasteiger partial charge in [-0.1, -0.05) is 20.3 Å². The summed E-state index contributed by atoms with van der Waals surface area (Å²) in [5.74, 6) is 0.275. The van der Waals surface area contributed by atoms with Crippen LogP contribution in [0.2, 0.25) is 0 Å². The second-order valence-corrected chi connectivity index (χ2v) is 3.50. The Morgan fingerprint density at radius 3 is 2.57 bits per heavy atom. The van der Waals surface area contributed by atoms with E-state index in [1.807, 2.05) is 19.9 Å². The van der Waals surface area contributed by atoms with Crippen molar-refractivity contribution in [1.82, 2.24) is 10.2 Å². The van der Waals surface area contributed by atoms with Gasteiger partial charge in [-0.05, 0) is 13.0 Å². The minimum absolute atomic E-state index is 0.0107. The second kappa shape index (κ2) is 6.39. The maximum Gasteiger partial charge on any atom is 0.240 e. The van der Waals surface area contributed by atoms with E-state index in [-0.39, 0.29) is 24.4 Å². The third kappa shape index (κ3) is 3.35. The van der Waals surface area contributed by atoms with Gasteiger partial charge in [-0.2, -0.15) is 5.26 Å². The molecule has 0 saturated carbocycles. The largest absolute Gasteiger partial charge is 0.331 e. The highest BCUT2D eigenvalue weighted by atomic mass is 16.2. The van der Waals surface area contributed by atoms with Crippen LogP contribution in [0, 0.1) is 17.2 Å². The first-order chi connectivity index (χ1) is 6.58. The summed E-state index contributed by atoms with van der Waals surface area (Å²) in [7, 11) is 3.42. The topological polar surface area (TPSA) is 56.1 Å². The van der Waals surface area contributed by atoms with Crippen molar-refractivity contribution in [2.75, 3.05) is 20.6 Å². The van der Waals surface area contributed by atoms with E-state index in [1.165, 1.54) is 4.90 Å². The number of hydrogen-bond acceptors (Lipinski definition) is 3. The third-order valence-corrected chi connectivity index (χ3v) is 2.47. The maximum absolute atomic E-state index is 11.8. The number of nitrogens with zero attached hydrogens (tertiary/aromatic N) is 2. The van der Waals surface area contributed by atoms with Gasteiger partial charge in [-0.15, -0.1) is 0 Å². The molecule has 80 valence electrons. The number of nitriles is 1. The smallest absolute Gasteiger partial charge is 0.240 e. The Kier molecular flexibility index (Phi) is 5.89. The molecule has 0 radical (unpaired) electrons.